The van der Waals surface area contributed by atoms with Crippen molar-refractivity contribution in [3.63, 3.8) is 0 Å². The quantitative estimate of drug-likeness (QED) is 0.0925. The Labute approximate surface area is 227 Å². The van der Waals surface area contributed by atoms with Crippen LogP contribution >= 0.6 is 12.2 Å². The van der Waals surface area contributed by atoms with E-state index in [1.165, 1.54) is 31.4 Å². The van der Waals surface area contributed by atoms with E-state index in [1.54, 1.807) is 18.2 Å². The molecule has 0 aromatic heterocycles. The molecule has 0 amide bonds. The van der Waals surface area contributed by atoms with Gasteiger partial charge in [0.25, 0.3) is 0 Å². The number of ether oxygens (including phenoxy) is 2. The first-order valence-corrected chi connectivity index (χ1v) is 13.9. The average Bonchev–Trinajstić information content (AvgIpc) is 2.90. The van der Waals surface area contributed by atoms with E-state index < -0.39 is 0 Å². The number of nitrogens with zero attached hydrogens (tertiary/aromatic N) is 3. The number of hydrogen-bond donors (Lipinski definition) is 2. The third kappa shape index (κ3) is 10.1. The van der Waals surface area contributed by atoms with Gasteiger partial charge in [-0.3, -0.25) is 0 Å². The van der Waals surface area contributed by atoms with Crippen molar-refractivity contribution in [2.75, 3.05) is 18.9 Å². The minimum atomic E-state index is 0.0568. The summed E-state index contributed by atoms with van der Waals surface area (Å²) in [6, 6.07) is 8.17. The van der Waals surface area contributed by atoms with Crippen LogP contribution in [0.25, 0.3) is 0 Å². The fraction of sp³-hybridized carbons (Fsp3) is 0.552. The summed E-state index contributed by atoms with van der Waals surface area (Å²) in [4.78, 5) is 3.99. The lowest BCUT2D eigenvalue weighted by atomic mass is 10.0. The summed E-state index contributed by atoms with van der Waals surface area (Å²) in [6.07, 6.45) is 9.00. The second-order valence-corrected chi connectivity index (χ2v) is 9.57. The molecule has 2 unspecified atom stereocenters. The standard InChI is InChI=1S/C29H42N4O3S/c1-5-9-11-21(7-3)18-35-28-17-27(33-32-25-14-13-23(34)15-26(25)31-20-37)29(16-24(28)30)36-19-22(8-4)12-10-6-2/h13-17,21-22,34H,5-12,18-19,30H2,1-4H3. The van der Waals surface area contributed by atoms with Gasteiger partial charge in [-0.2, -0.15) is 4.99 Å². The van der Waals surface area contributed by atoms with Crippen LogP contribution in [0.4, 0.5) is 22.7 Å². The van der Waals surface area contributed by atoms with Gasteiger partial charge in [-0.25, -0.2) is 0 Å². The first-order chi connectivity index (χ1) is 17.9. The highest BCUT2D eigenvalue weighted by Gasteiger charge is 2.15. The molecule has 2 aromatic carbocycles. The van der Waals surface area contributed by atoms with E-state index in [1.807, 2.05) is 0 Å². The third-order valence-electron chi connectivity index (χ3n) is 6.52. The monoisotopic (exact) mass is 526 g/mol. The van der Waals surface area contributed by atoms with Crippen molar-refractivity contribution in [1.82, 2.24) is 0 Å². The van der Waals surface area contributed by atoms with Crippen molar-refractivity contribution in [2.24, 2.45) is 27.1 Å². The van der Waals surface area contributed by atoms with Gasteiger partial charge in [0.15, 0.2) is 0 Å². The SMILES string of the molecule is CCCCC(CC)COc1cc(N=Nc2ccc(O)cc2N=C=S)c(OCC(CC)CCCC)cc1N. The number of aliphatic imine (C=N–C) groups is 1. The molecule has 0 bridgehead atoms. The van der Waals surface area contributed by atoms with Crippen LogP contribution in [0, 0.1) is 11.8 Å². The number of benzene rings is 2. The summed E-state index contributed by atoms with van der Waals surface area (Å²) in [6.45, 7) is 9.93. The number of nitrogens with two attached hydrogens (primary N) is 1. The number of thiocarbonyl (C=S) groups is 1. The molecule has 0 aliphatic heterocycles. The molecular formula is C29H42N4O3S. The highest BCUT2D eigenvalue weighted by molar-refractivity contribution is 7.78. The Morgan fingerprint density at radius 2 is 1.43 bits per heavy atom. The molecule has 202 valence electrons. The van der Waals surface area contributed by atoms with Crippen LogP contribution < -0.4 is 15.2 Å². The Hall–Kier alpha value is -2.96. The molecule has 2 rings (SSSR count). The maximum atomic E-state index is 9.80. The predicted molar refractivity (Wildman–Crippen MR) is 155 cm³/mol. The van der Waals surface area contributed by atoms with E-state index in [0.29, 0.717) is 59.3 Å². The molecular weight excluding hydrogens is 484 g/mol. The first kappa shape index (κ1) is 30.3. The zero-order valence-corrected chi connectivity index (χ0v) is 23.5. The van der Waals surface area contributed by atoms with Gasteiger partial charge in [-0.05, 0) is 49.0 Å². The summed E-state index contributed by atoms with van der Waals surface area (Å²) in [5.74, 6) is 2.10. The van der Waals surface area contributed by atoms with Gasteiger partial charge in [-0.1, -0.05) is 66.2 Å². The van der Waals surface area contributed by atoms with Crippen molar-refractivity contribution >= 4 is 40.1 Å². The molecule has 0 aliphatic carbocycles. The fourth-order valence-corrected chi connectivity index (χ4v) is 4.04. The maximum Gasteiger partial charge on any atom is 0.149 e. The van der Waals surface area contributed by atoms with E-state index in [-0.39, 0.29) is 5.75 Å². The molecule has 3 N–H and O–H groups in total. The molecule has 0 aliphatic rings. The number of anilines is 1. The van der Waals surface area contributed by atoms with Crippen molar-refractivity contribution in [3.05, 3.63) is 30.3 Å². The Kier molecular flexibility index (Phi) is 13.7. The summed E-state index contributed by atoms with van der Waals surface area (Å²) in [7, 11) is 0. The van der Waals surface area contributed by atoms with Gasteiger partial charge in [0.05, 0.1) is 24.1 Å². The Morgan fingerprint density at radius 1 is 0.838 bits per heavy atom. The first-order valence-electron chi connectivity index (χ1n) is 13.5. The number of rotatable bonds is 17. The van der Waals surface area contributed by atoms with Gasteiger partial charge in [0.1, 0.15) is 34.3 Å². The van der Waals surface area contributed by atoms with Crippen LogP contribution in [-0.2, 0) is 0 Å². The van der Waals surface area contributed by atoms with E-state index in [4.69, 9.17) is 27.4 Å². The topological polar surface area (TPSA) is 102 Å². The number of azo groups is 1. The molecule has 37 heavy (non-hydrogen) atoms. The number of isothiocyanates is 1. The van der Waals surface area contributed by atoms with E-state index in [0.717, 1.165) is 32.1 Å². The zero-order valence-electron chi connectivity index (χ0n) is 22.7. The van der Waals surface area contributed by atoms with Crippen molar-refractivity contribution in [2.45, 2.75) is 79.1 Å². The Balaban J connectivity index is 2.36. The van der Waals surface area contributed by atoms with Crippen LogP contribution in [-0.4, -0.2) is 23.5 Å². The van der Waals surface area contributed by atoms with Gasteiger partial charge in [0.2, 0.25) is 0 Å². The molecule has 0 spiro atoms. The molecule has 0 saturated carbocycles. The summed E-state index contributed by atoms with van der Waals surface area (Å²) in [5.41, 5.74) is 8.23. The number of nitrogen functional groups attached to an aromatic ring is 1. The number of hydrogen-bond acceptors (Lipinski definition) is 8. The molecule has 2 atom stereocenters. The van der Waals surface area contributed by atoms with Crippen molar-refractivity contribution < 1.29 is 14.6 Å². The Morgan fingerprint density at radius 3 is 2.00 bits per heavy atom. The average molecular weight is 527 g/mol. The van der Waals surface area contributed by atoms with Gasteiger partial charge in [0, 0.05) is 18.2 Å². The molecule has 0 heterocycles. The molecule has 0 saturated heterocycles. The van der Waals surface area contributed by atoms with Gasteiger partial charge >= 0.3 is 0 Å². The number of phenolic OH excluding ortho intramolecular Hbond substituents is 1. The zero-order chi connectivity index (χ0) is 27.0. The second-order valence-electron chi connectivity index (χ2n) is 9.39. The van der Waals surface area contributed by atoms with Gasteiger partial charge < -0.3 is 20.3 Å². The van der Waals surface area contributed by atoms with Crippen LogP contribution in [0.3, 0.4) is 0 Å². The van der Waals surface area contributed by atoms with E-state index >= 15 is 0 Å². The van der Waals surface area contributed by atoms with Crippen molar-refractivity contribution in [1.29, 1.82) is 0 Å². The van der Waals surface area contributed by atoms with E-state index in [2.05, 4.69) is 48.1 Å². The third-order valence-corrected chi connectivity index (χ3v) is 6.61. The van der Waals surface area contributed by atoms with Gasteiger partial charge in [-0.15, -0.1) is 10.2 Å². The molecule has 0 fully saturated rings. The Bertz CT molecular complexity index is 1050. The highest BCUT2D eigenvalue weighted by atomic mass is 32.1. The number of aromatic hydroxyl groups is 1. The predicted octanol–water partition coefficient (Wildman–Crippen LogP) is 9.31. The normalized spacial score (nSPS) is 12.8. The molecule has 0 radical (unpaired) electrons. The molecule has 2 aromatic rings. The van der Waals surface area contributed by atoms with E-state index in [9.17, 15) is 5.11 Å². The fourth-order valence-electron chi connectivity index (χ4n) is 3.94. The summed E-state index contributed by atoms with van der Waals surface area (Å²) in [5, 5.41) is 21.0. The summed E-state index contributed by atoms with van der Waals surface area (Å²) < 4.78 is 12.4. The smallest absolute Gasteiger partial charge is 0.149 e. The largest absolute Gasteiger partial charge is 0.508 e. The number of phenols is 1. The maximum absolute atomic E-state index is 9.80. The van der Waals surface area contributed by atoms with Crippen LogP contribution in [0.2, 0.25) is 0 Å². The second kappa shape index (κ2) is 16.7. The summed E-state index contributed by atoms with van der Waals surface area (Å²) >= 11 is 4.73. The van der Waals surface area contributed by atoms with Crippen LogP contribution in [0.1, 0.15) is 79.1 Å². The minimum Gasteiger partial charge on any atom is -0.508 e. The highest BCUT2D eigenvalue weighted by Crippen LogP contribution is 2.40. The molecule has 7 nitrogen and oxygen atoms in total. The van der Waals surface area contributed by atoms with Crippen molar-refractivity contribution in [3.8, 4) is 17.2 Å². The van der Waals surface area contributed by atoms with Crippen LogP contribution in [0.15, 0.2) is 45.6 Å². The molecule has 8 heteroatoms. The lowest BCUT2D eigenvalue weighted by Crippen LogP contribution is -2.13. The lowest BCUT2D eigenvalue weighted by Gasteiger charge is -2.19. The van der Waals surface area contributed by atoms with Crippen LogP contribution in [0.5, 0.6) is 17.2 Å². The lowest BCUT2D eigenvalue weighted by molar-refractivity contribution is 0.229. The minimum absolute atomic E-state index is 0.0568. The number of unbranched alkanes of at least 4 members (excludes halogenated alkanes) is 2.